The molecule has 118 valence electrons. The van der Waals surface area contributed by atoms with Crippen LogP contribution in [0.25, 0.3) is 5.32 Å². The first kappa shape index (κ1) is 29.2. The maximum atomic E-state index is 9.01. The molecule has 0 saturated carbocycles. The van der Waals surface area contributed by atoms with Gasteiger partial charge < -0.3 is 10.1 Å². The van der Waals surface area contributed by atoms with Crippen molar-refractivity contribution in [1.29, 1.82) is 0 Å². The van der Waals surface area contributed by atoms with Crippen molar-refractivity contribution in [2.75, 3.05) is 7.05 Å². The quantitative estimate of drug-likeness (QED) is 0.499. The van der Waals surface area contributed by atoms with Crippen LogP contribution in [-0.2, 0) is 4.79 Å². The van der Waals surface area contributed by atoms with Gasteiger partial charge in [-0.3, -0.25) is 0 Å². The van der Waals surface area contributed by atoms with Crippen LogP contribution in [0.2, 0.25) is 0 Å². The average Bonchev–Trinajstić information content (AvgIpc) is 2.47. The van der Waals surface area contributed by atoms with Gasteiger partial charge in [-0.05, 0) is 11.8 Å². The summed E-state index contributed by atoms with van der Waals surface area (Å²) in [5.41, 5.74) is 0.675. The molecule has 0 N–H and O–H groups in total. The van der Waals surface area contributed by atoms with Crippen LogP contribution in [0.1, 0.15) is 92.9 Å². The number of hydrogen-bond acceptors (Lipinski definition) is 1. The summed E-state index contributed by atoms with van der Waals surface area (Å²) in [6.07, 6.45) is 11.4. The number of unbranched alkanes of at least 4 members (excludes halogenated alkanes) is 2. The molecule has 0 atom stereocenters. The van der Waals surface area contributed by atoms with Gasteiger partial charge in [0.05, 0.1) is 0 Å². The van der Waals surface area contributed by atoms with Gasteiger partial charge in [0.15, 0.2) is 0 Å². The van der Waals surface area contributed by atoms with E-state index in [1.165, 1.54) is 58.4 Å². The van der Waals surface area contributed by atoms with E-state index in [0.29, 0.717) is 11.8 Å². The van der Waals surface area contributed by atoms with Crippen molar-refractivity contribution in [3.05, 3.63) is 5.32 Å². The minimum Gasteiger partial charge on any atom is -0.659 e. The molecule has 0 bridgehead atoms. The zero-order valence-electron chi connectivity index (χ0n) is 15.6. The first-order chi connectivity index (χ1) is 9.07. The Kier molecular flexibility index (Phi) is 36.6. The van der Waals surface area contributed by atoms with Crippen molar-refractivity contribution in [3.63, 3.8) is 0 Å². The number of rotatable bonds is 8. The van der Waals surface area contributed by atoms with Gasteiger partial charge in [-0.25, -0.2) is 0 Å². The fourth-order valence-corrected chi connectivity index (χ4v) is 2.16. The van der Waals surface area contributed by atoms with E-state index < -0.39 is 0 Å². The van der Waals surface area contributed by atoms with E-state index in [1.807, 2.05) is 0 Å². The molecule has 0 aliphatic rings. The normalized spacial score (nSPS) is 9.15. The van der Waals surface area contributed by atoms with Crippen LogP contribution in [0, 0.1) is 5.41 Å². The largest absolute Gasteiger partial charge is 1.00 e. The predicted octanol–water partition coefficient (Wildman–Crippen LogP) is 3.35. The molecule has 0 aromatic rings. The van der Waals surface area contributed by atoms with Crippen molar-refractivity contribution in [1.82, 2.24) is 0 Å². The monoisotopic (exact) mass is 311 g/mol. The van der Waals surface area contributed by atoms with E-state index in [0.717, 1.165) is 0 Å². The number of amides is 1. The summed E-state index contributed by atoms with van der Waals surface area (Å²) in [6.45, 7) is 13.7. The number of hydrogen-bond donors (Lipinski definition) is 0. The molecule has 0 rings (SSSR count). The maximum Gasteiger partial charge on any atom is 1.00 e. The van der Waals surface area contributed by atoms with Gasteiger partial charge in [-0.2, -0.15) is 0 Å². The Morgan fingerprint density at radius 1 is 0.850 bits per heavy atom. The van der Waals surface area contributed by atoms with Crippen LogP contribution < -0.4 is 51.4 Å². The fraction of sp³-hybridized carbons (Fsp3) is 0.941. The number of nitrogens with zero attached hydrogens (tertiary/aromatic N) is 1. The second-order valence-electron chi connectivity index (χ2n) is 5.03. The molecule has 0 unspecified atom stereocenters. The summed E-state index contributed by atoms with van der Waals surface area (Å²) < 4.78 is 0. The molecule has 1 amide bonds. The molecular formula is C17H38KNO. The van der Waals surface area contributed by atoms with Crippen molar-refractivity contribution in [3.8, 4) is 0 Å². The zero-order valence-corrected chi connectivity index (χ0v) is 18.7. The smallest absolute Gasteiger partial charge is 0.659 e. The van der Waals surface area contributed by atoms with Crippen LogP contribution in [0.15, 0.2) is 0 Å². The molecule has 0 aliphatic carbocycles. The molecule has 0 heterocycles. The molecule has 20 heavy (non-hydrogen) atoms. The average molecular weight is 312 g/mol. The van der Waals surface area contributed by atoms with Crippen molar-refractivity contribution in [2.24, 2.45) is 5.41 Å². The topological polar surface area (TPSA) is 31.2 Å². The summed E-state index contributed by atoms with van der Waals surface area (Å²) in [4.78, 5) is 9.01. The van der Waals surface area contributed by atoms with Gasteiger partial charge in [0.1, 0.15) is 0 Å². The third kappa shape index (κ3) is 21.4. The minimum atomic E-state index is 0. The van der Waals surface area contributed by atoms with Gasteiger partial charge in [-0.1, -0.05) is 86.5 Å². The Hall–Kier alpha value is 1.11. The summed E-state index contributed by atoms with van der Waals surface area (Å²) in [5, 5.41) is 3.06. The Labute approximate surface area is 171 Å². The van der Waals surface area contributed by atoms with Crippen LogP contribution >= 0.6 is 0 Å². The van der Waals surface area contributed by atoms with E-state index in [-0.39, 0.29) is 51.4 Å². The van der Waals surface area contributed by atoms with Crippen LogP contribution in [0.5, 0.6) is 0 Å². The molecule has 0 radical (unpaired) electrons. The second kappa shape index (κ2) is 25.1. The van der Waals surface area contributed by atoms with Gasteiger partial charge in [0.2, 0.25) is 0 Å². The Balaban J connectivity index is -0.000000108. The SMILES string of the molecule is CCCC(CC)(CC)CC.CCCCC.C[N-]C=O.[K+]. The summed E-state index contributed by atoms with van der Waals surface area (Å²) in [7, 11) is 1.44. The summed E-state index contributed by atoms with van der Waals surface area (Å²) in [5.74, 6) is 0. The van der Waals surface area contributed by atoms with Crippen LogP contribution in [0.3, 0.4) is 0 Å². The van der Waals surface area contributed by atoms with Crippen molar-refractivity contribution >= 4 is 6.41 Å². The molecule has 0 aromatic carbocycles. The van der Waals surface area contributed by atoms with E-state index in [1.54, 1.807) is 0 Å². The first-order valence-corrected chi connectivity index (χ1v) is 8.10. The molecular weight excluding hydrogens is 273 g/mol. The van der Waals surface area contributed by atoms with Crippen LogP contribution in [0.4, 0.5) is 0 Å². The molecule has 0 aromatic heterocycles. The molecule has 0 spiro atoms. The van der Waals surface area contributed by atoms with E-state index in [2.05, 4.69) is 46.9 Å². The number of carbonyl (C=O) groups excluding carboxylic acids is 1. The van der Waals surface area contributed by atoms with E-state index >= 15 is 0 Å². The molecule has 0 fully saturated rings. The van der Waals surface area contributed by atoms with Crippen molar-refractivity contribution in [2.45, 2.75) is 92.9 Å². The van der Waals surface area contributed by atoms with Crippen LogP contribution in [-0.4, -0.2) is 13.5 Å². The molecule has 0 aliphatic heterocycles. The third-order valence-electron chi connectivity index (χ3n) is 3.84. The Bertz CT molecular complexity index is 149. The number of carbonyl (C=O) groups is 1. The van der Waals surface area contributed by atoms with Crippen molar-refractivity contribution < 1.29 is 56.2 Å². The van der Waals surface area contributed by atoms with Gasteiger partial charge >= 0.3 is 51.4 Å². The Morgan fingerprint density at radius 3 is 1.25 bits per heavy atom. The standard InChI is InChI=1S/C10H22.C5H12.C2H5NO.K/c1-5-9-10(6-2,7-3)8-4;1-3-5-4-2;1-3-2-4;/h5-9H2,1-4H3;3-5H2,1-2H3;2H,1H3,(H,3,4);/q;;;+1/p-1. The molecule has 0 saturated heterocycles. The Morgan fingerprint density at radius 2 is 1.20 bits per heavy atom. The van der Waals surface area contributed by atoms with E-state index in [9.17, 15) is 0 Å². The molecule has 2 nitrogen and oxygen atoms in total. The van der Waals surface area contributed by atoms with E-state index in [4.69, 9.17) is 4.79 Å². The zero-order chi connectivity index (χ0) is 15.6. The summed E-state index contributed by atoms with van der Waals surface area (Å²) >= 11 is 0. The molecule has 3 heteroatoms. The minimum absolute atomic E-state index is 0. The fourth-order valence-electron chi connectivity index (χ4n) is 2.16. The summed E-state index contributed by atoms with van der Waals surface area (Å²) in [6, 6.07) is 0. The van der Waals surface area contributed by atoms with Gasteiger partial charge in [-0.15, -0.1) is 7.05 Å². The third-order valence-corrected chi connectivity index (χ3v) is 3.84. The maximum absolute atomic E-state index is 9.01. The first-order valence-electron chi connectivity index (χ1n) is 8.10. The van der Waals surface area contributed by atoms with Gasteiger partial charge in [0.25, 0.3) is 0 Å². The predicted molar refractivity (Wildman–Crippen MR) is 88.8 cm³/mol. The van der Waals surface area contributed by atoms with Gasteiger partial charge in [0, 0.05) is 6.41 Å². The second-order valence-corrected chi connectivity index (χ2v) is 5.03.